The van der Waals surface area contributed by atoms with Crippen LogP contribution in [0.4, 0.5) is 0 Å². The van der Waals surface area contributed by atoms with Gasteiger partial charge in [-0.15, -0.1) is 0 Å². The fraction of sp³-hybridized carbons (Fsp3) is 0.824. The molecule has 0 saturated carbocycles. The number of hydrogen-bond donors (Lipinski definition) is 5. The van der Waals surface area contributed by atoms with Crippen LogP contribution in [0, 0.1) is 22.2 Å². The van der Waals surface area contributed by atoms with Crippen LogP contribution in [0.1, 0.15) is 54.4 Å². The van der Waals surface area contributed by atoms with E-state index < -0.39 is 52.2 Å². The van der Waals surface area contributed by atoms with Crippen LogP contribution in [0.15, 0.2) is 0 Å². The van der Waals surface area contributed by atoms with Gasteiger partial charge in [-0.1, -0.05) is 27.7 Å². The minimum absolute atomic E-state index is 0. The molecular weight excluding hydrogens is 328 g/mol. The van der Waals surface area contributed by atoms with Crippen LogP contribution in [0.2, 0.25) is 0 Å². The van der Waals surface area contributed by atoms with Crippen LogP contribution in [-0.4, -0.2) is 45.3 Å². The van der Waals surface area contributed by atoms with Crippen molar-refractivity contribution in [1.29, 1.82) is 0 Å². The van der Waals surface area contributed by atoms with E-state index in [1.165, 1.54) is 0 Å². The summed E-state index contributed by atoms with van der Waals surface area (Å²) < 4.78 is 0. The van der Waals surface area contributed by atoms with Crippen molar-refractivity contribution in [3.63, 3.8) is 0 Å². The highest BCUT2D eigenvalue weighted by atomic mass is 16.4. The highest BCUT2D eigenvalue weighted by molar-refractivity contribution is 5.95. The molecule has 1 heterocycles. The first-order valence-corrected chi connectivity index (χ1v) is 8.41. The monoisotopic (exact) mass is 360 g/mol. The molecule has 1 aliphatic heterocycles. The third kappa shape index (κ3) is 2.38. The van der Waals surface area contributed by atoms with Gasteiger partial charge >= 0.3 is 17.9 Å². The molecule has 1 rings (SSSR count). The van der Waals surface area contributed by atoms with E-state index in [1.807, 2.05) is 0 Å². The standard InChI is InChI=1S/C17H29NO6.H3N/c1-7-15(12(19)20)10(5)18-11(6)16(8-2,13(21)22)17(15,9(3)4)14(23)24;/h9-11,18H,7-8H2,1-6H3,(H,19,20)(H,21,22)(H,23,24);1H3. The second-order valence-corrected chi connectivity index (χ2v) is 7.14. The molecule has 146 valence electrons. The van der Waals surface area contributed by atoms with Gasteiger partial charge in [0.05, 0.1) is 0 Å². The lowest BCUT2D eigenvalue weighted by atomic mass is 9.39. The fourth-order valence-electron chi connectivity index (χ4n) is 5.58. The molecule has 0 aromatic rings. The number of carboxylic acids is 3. The van der Waals surface area contributed by atoms with E-state index in [0.29, 0.717) is 0 Å². The van der Waals surface area contributed by atoms with Crippen molar-refractivity contribution in [2.45, 2.75) is 66.5 Å². The van der Waals surface area contributed by atoms with Crippen molar-refractivity contribution in [1.82, 2.24) is 11.5 Å². The summed E-state index contributed by atoms with van der Waals surface area (Å²) in [5.74, 6) is -4.58. The molecule has 1 aliphatic rings. The molecule has 0 spiro atoms. The molecule has 0 radical (unpaired) electrons. The van der Waals surface area contributed by atoms with E-state index in [1.54, 1.807) is 41.5 Å². The largest absolute Gasteiger partial charge is 0.481 e. The van der Waals surface area contributed by atoms with Gasteiger partial charge in [-0.3, -0.25) is 14.4 Å². The average Bonchev–Trinajstić information content (AvgIpc) is 2.45. The van der Waals surface area contributed by atoms with Crippen LogP contribution in [0.5, 0.6) is 0 Å². The lowest BCUT2D eigenvalue weighted by Gasteiger charge is -2.64. The van der Waals surface area contributed by atoms with Gasteiger partial charge in [-0.25, -0.2) is 0 Å². The molecular formula is C17H32N2O6. The quantitative estimate of drug-likeness (QED) is 0.482. The van der Waals surface area contributed by atoms with Crippen LogP contribution < -0.4 is 11.5 Å². The molecule has 4 unspecified atom stereocenters. The smallest absolute Gasteiger partial charge is 0.312 e. The minimum atomic E-state index is -1.95. The maximum absolute atomic E-state index is 12.6. The van der Waals surface area contributed by atoms with E-state index in [0.717, 1.165) is 0 Å². The Morgan fingerprint density at radius 3 is 1.36 bits per heavy atom. The second kappa shape index (κ2) is 7.29. The van der Waals surface area contributed by atoms with Crippen LogP contribution in [0.25, 0.3) is 0 Å². The summed E-state index contributed by atoms with van der Waals surface area (Å²) in [4.78, 5) is 37.4. The zero-order chi connectivity index (χ0) is 19.1. The summed E-state index contributed by atoms with van der Waals surface area (Å²) >= 11 is 0. The van der Waals surface area contributed by atoms with E-state index >= 15 is 0 Å². The van der Waals surface area contributed by atoms with Crippen molar-refractivity contribution < 1.29 is 29.7 Å². The number of carboxylic acid groups (broad SMARTS) is 3. The predicted molar refractivity (Wildman–Crippen MR) is 92.7 cm³/mol. The molecule has 0 aromatic carbocycles. The number of carbonyl (C=O) groups is 3. The van der Waals surface area contributed by atoms with Gasteiger partial charge in [0.15, 0.2) is 0 Å². The summed E-state index contributed by atoms with van der Waals surface area (Å²) in [6.07, 6.45) is 0.0332. The minimum Gasteiger partial charge on any atom is -0.481 e. The number of hydrogen-bond acceptors (Lipinski definition) is 5. The van der Waals surface area contributed by atoms with Crippen molar-refractivity contribution >= 4 is 17.9 Å². The Kier molecular flexibility index (Phi) is 6.80. The van der Waals surface area contributed by atoms with Gasteiger partial charge in [0.25, 0.3) is 0 Å². The Hall–Kier alpha value is -1.67. The third-order valence-electron chi connectivity index (χ3n) is 6.47. The first-order chi connectivity index (χ1) is 10.9. The van der Waals surface area contributed by atoms with Crippen LogP contribution in [-0.2, 0) is 14.4 Å². The maximum Gasteiger partial charge on any atom is 0.312 e. The summed E-state index contributed by atoms with van der Waals surface area (Å²) in [7, 11) is 0. The van der Waals surface area contributed by atoms with E-state index in [2.05, 4.69) is 5.32 Å². The Morgan fingerprint density at radius 2 is 1.20 bits per heavy atom. The van der Waals surface area contributed by atoms with Crippen LogP contribution in [0.3, 0.4) is 0 Å². The Balaban J connectivity index is 0.00000576. The summed E-state index contributed by atoms with van der Waals surface area (Å²) in [5.41, 5.74) is -5.44. The number of rotatable bonds is 6. The number of nitrogens with one attached hydrogen (secondary N) is 1. The number of aliphatic carboxylic acids is 3. The molecule has 0 bridgehead atoms. The topological polar surface area (TPSA) is 159 Å². The lowest BCUT2D eigenvalue weighted by Crippen LogP contribution is -2.79. The van der Waals surface area contributed by atoms with E-state index in [-0.39, 0.29) is 19.0 Å². The summed E-state index contributed by atoms with van der Waals surface area (Å²) in [6, 6.07) is -1.37. The Morgan fingerprint density at radius 1 is 0.880 bits per heavy atom. The fourth-order valence-corrected chi connectivity index (χ4v) is 5.58. The van der Waals surface area contributed by atoms with Crippen molar-refractivity contribution in [3.05, 3.63) is 0 Å². The highest BCUT2D eigenvalue weighted by Gasteiger charge is 2.78. The Labute approximate surface area is 148 Å². The third-order valence-corrected chi connectivity index (χ3v) is 6.47. The molecule has 8 nitrogen and oxygen atoms in total. The Bertz CT molecular complexity index is 515. The normalized spacial score (nSPS) is 38.0. The molecule has 1 saturated heterocycles. The van der Waals surface area contributed by atoms with Crippen molar-refractivity contribution in [2.75, 3.05) is 0 Å². The van der Waals surface area contributed by atoms with Gasteiger partial charge in [-0.2, -0.15) is 0 Å². The van der Waals surface area contributed by atoms with Gasteiger partial charge in [0, 0.05) is 12.1 Å². The van der Waals surface area contributed by atoms with Gasteiger partial charge in [0.2, 0.25) is 0 Å². The SMILES string of the molecule is CCC1(C(=O)O)C(C)NC(C)C(CC)(C(=O)O)C1(C(=O)O)C(C)C.N. The van der Waals surface area contributed by atoms with Gasteiger partial charge < -0.3 is 26.8 Å². The predicted octanol–water partition coefficient (Wildman–Crippen LogP) is 2.22. The van der Waals surface area contributed by atoms with E-state index in [4.69, 9.17) is 0 Å². The molecule has 7 N–H and O–H groups in total. The summed E-state index contributed by atoms with van der Waals surface area (Å²) in [5, 5.41) is 33.5. The molecule has 0 aromatic heterocycles. The van der Waals surface area contributed by atoms with Crippen molar-refractivity contribution in [2.24, 2.45) is 22.2 Å². The molecule has 0 amide bonds. The molecule has 4 atom stereocenters. The van der Waals surface area contributed by atoms with Crippen LogP contribution >= 0.6 is 0 Å². The molecule has 8 heteroatoms. The second-order valence-electron chi connectivity index (χ2n) is 7.14. The van der Waals surface area contributed by atoms with Gasteiger partial charge in [-0.05, 0) is 32.6 Å². The zero-order valence-corrected chi connectivity index (χ0v) is 15.9. The summed E-state index contributed by atoms with van der Waals surface area (Å²) in [6.45, 7) is 9.72. The molecule has 1 fully saturated rings. The number of piperidine rings is 1. The first-order valence-electron chi connectivity index (χ1n) is 8.41. The van der Waals surface area contributed by atoms with E-state index in [9.17, 15) is 29.7 Å². The van der Waals surface area contributed by atoms with Crippen molar-refractivity contribution in [3.8, 4) is 0 Å². The molecule has 25 heavy (non-hydrogen) atoms. The average molecular weight is 360 g/mol. The first kappa shape index (κ1) is 23.3. The zero-order valence-electron chi connectivity index (χ0n) is 15.9. The lowest BCUT2D eigenvalue weighted by molar-refractivity contribution is -0.229. The highest BCUT2D eigenvalue weighted by Crippen LogP contribution is 2.65. The van der Waals surface area contributed by atoms with Gasteiger partial charge in [0.1, 0.15) is 16.2 Å². The molecule has 0 aliphatic carbocycles. The maximum atomic E-state index is 12.6.